The van der Waals surface area contributed by atoms with Gasteiger partial charge in [-0.1, -0.05) is 48.0 Å². The summed E-state index contributed by atoms with van der Waals surface area (Å²) >= 11 is 0. The van der Waals surface area contributed by atoms with Crippen LogP contribution in [0.15, 0.2) is 77.7 Å². The van der Waals surface area contributed by atoms with Gasteiger partial charge in [-0.05, 0) is 42.8 Å². The van der Waals surface area contributed by atoms with Gasteiger partial charge in [0.2, 0.25) is 0 Å². The van der Waals surface area contributed by atoms with Crippen LogP contribution in [0.2, 0.25) is 0 Å². The van der Waals surface area contributed by atoms with Crippen molar-refractivity contribution in [3.8, 4) is 0 Å². The number of ether oxygens (including phenoxy) is 1. The minimum absolute atomic E-state index is 0.110. The number of rotatable bonds is 3. The van der Waals surface area contributed by atoms with Gasteiger partial charge in [0.15, 0.2) is 0 Å². The van der Waals surface area contributed by atoms with Gasteiger partial charge in [-0.15, -0.1) is 0 Å². The maximum Gasteiger partial charge on any atom is 0.264 e. The van der Waals surface area contributed by atoms with Crippen LogP contribution in [0, 0.1) is 12.7 Å². The lowest BCUT2D eigenvalue weighted by molar-refractivity contribution is 0.0508. The Bertz CT molecular complexity index is 1080. The molecule has 0 radical (unpaired) electrons. The molecule has 4 rings (SSSR count). The number of hydrogen-bond acceptors (Lipinski definition) is 3. The highest BCUT2D eigenvalue weighted by Crippen LogP contribution is 2.35. The molecule has 3 aromatic rings. The van der Waals surface area contributed by atoms with E-state index < -0.39 is 16.1 Å². The average Bonchev–Trinajstić information content (AvgIpc) is 2.89. The number of anilines is 1. The number of nitrogens with zero attached hydrogens (tertiary/aromatic N) is 1. The van der Waals surface area contributed by atoms with Crippen molar-refractivity contribution in [2.24, 2.45) is 0 Å². The van der Waals surface area contributed by atoms with Gasteiger partial charge in [-0.25, -0.2) is 12.8 Å². The standard InChI is InChI=1S/C22H20FNO3S/c1-16-6-12-20(13-7-16)28(25,26)24-14-22(17-8-10-19(23)11-9-17)27-15-18-4-2-3-5-21(18)24/h2-13,22H,14-15H2,1H3. The molecule has 28 heavy (non-hydrogen) atoms. The Morgan fingerprint density at radius 1 is 0.964 bits per heavy atom. The quantitative estimate of drug-likeness (QED) is 0.649. The lowest BCUT2D eigenvalue weighted by Gasteiger charge is -2.27. The fourth-order valence-corrected chi connectivity index (χ4v) is 4.82. The highest BCUT2D eigenvalue weighted by Gasteiger charge is 2.32. The van der Waals surface area contributed by atoms with Gasteiger partial charge in [0.1, 0.15) is 11.9 Å². The van der Waals surface area contributed by atoms with E-state index in [1.807, 2.05) is 25.1 Å². The van der Waals surface area contributed by atoms with E-state index in [-0.39, 0.29) is 23.9 Å². The predicted molar refractivity (Wildman–Crippen MR) is 106 cm³/mol. The van der Waals surface area contributed by atoms with E-state index in [1.165, 1.54) is 16.4 Å². The molecule has 3 aromatic carbocycles. The van der Waals surface area contributed by atoms with E-state index in [4.69, 9.17) is 4.74 Å². The van der Waals surface area contributed by atoms with Crippen LogP contribution in [0.3, 0.4) is 0 Å². The second-order valence-electron chi connectivity index (χ2n) is 6.83. The second-order valence-corrected chi connectivity index (χ2v) is 8.69. The van der Waals surface area contributed by atoms with Gasteiger partial charge < -0.3 is 4.74 Å². The van der Waals surface area contributed by atoms with E-state index in [1.54, 1.807) is 42.5 Å². The van der Waals surface area contributed by atoms with Crippen LogP contribution in [0.4, 0.5) is 10.1 Å². The van der Waals surface area contributed by atoms with Gasteiger partial charge in [-0.3, -0.25) is 4.31 Å². The molecule has 144 valence electrons. The Morgan fingerprint density at radius 3 is 2.36 bits per heavy atom. The number of sulfonamides is 1. The number of hydrogen-bond donors (Lipinski definition) is 0. The number of fused-ring (bicyclic) bond motifs is 1. The maximum absolute atomic E-state index is 13.5. The summed E-state index contributed by atoms with van der Waals surface area (Å²) in [7, 11) is -3.79. The number of halogens is 1. The van der Waals surface area contributed by atoms with Crippen molar-refractivity contribution in [3.63, 3.8) is 0 Å². The Labute approximate surface area is 164 Å². The summed E-state index contributed by atoms with van der Waals surface area (Å²) in [6.07, 6.45) is -0.506. The molecule has 0 saturated heterocycles. The van der Waals surface area contributed by atoms with Crippen LogP contribution in [0.25, 0.3) is 0 Å². The first-order valence-corrected chi connectivity index (χ1v) is 10.4. The Balaban J connectivity index is 1.79. The maximum atomic E-state index is 13.5. The minimum Gasteiger partial charge on any atom is -0.367 e. The van der Waals surface area contributed by atoms with Crippen molar-refractivity contribution in [1.29, 1.82) is 0 Å². The first-order valence-electron chi connectivity index (χ1n) is 8.99. The summed E-state index contributed by atoms with van der Waals surface area (Å²) < 4.78 is 47.6. The van der Waals surface area contributed by atoms with E-state index in [0.717, 1.165) is 16.7 Å². The third kappa shape index (κ3) is 3.53. The fourth-order valence-electron chi connectivity index (χ4n) is 3.31. The Hall–Kier alpha value is -2.70. The molecule has 6 heteroatoms. The lowest BCUT2D eigenvalue weighted by Crippen LogP contribution is -2.34. The molecular weight excluding hydrogens is 377 g/mol. The largest absolute Gasteiger partial charge is 0.367 e. The third-order valence-electron chi connectivity index (χ3n) is 4.88. The molecule has 0 aromatic heterocycles. The molecule has 0 saturated carbocycles. The first-order chi connectivity index (χ1) is 13.4. The first kappa shape index (κ1) is 18.7. The van der Waals surface area contributed by atoms with Gasteiger partial charge in [0, 0.05) is 5.56 Å². The zero-order valence-electron chi connectivity index (χ0n) is 15.4. The highest BCUT2D eigenvalue weighted by molar-refractivity contribution is 7.92. The molecule has 0 fully saturated rings. The third-order valence-corrected chi connectivity index (χ3v) is 6.68. The van der Waals surface area contributed by atoms with Crippen LogP contribution in [-0.2, 0) is 21.4 Å². The molecular formula is C22H20FNO3S. The smallest absolute Gasteiger partial charge is 0.264 e. The van der Waals surface area contributed by atoms with Crippen LogP contribution in [-0.4, -0.2) is 15.0 Å². The molecule has 4 nitrogen and oxygen atoms in total. The van der Waals surface area contributed by atoms with Gasteiger partial charge >= 0.3 is 0 Å². The molecule has 1 atom stereocenters. The molecule has 0 bridgehead atoms. The van der Waals surface area contributed by atoms with Gasteiger partial charge in [-0.2, -0.15) is 0 Å². The monoisotopic (exact) mass is 397 g/mol. The summed E-state index contributed by atoms with van der Waals surface area (Å²) in [5, 5.41) is 0. The highest BCUT2D eigenvalue weighted by atomic mass is 32.2. The summed E-state index contributed by atoms with van der Waals surface area (Å²) in [5.74, 6) is -0.343. The fraction of sp³-hybridized carbons (Fsp3) is 0.182. The normalized spacial score (nSPS) is 17.1. The molecule has 0 amide bonds. The van der Waals surface area contributed by atoms with Crippen molar-refractivity contribution in [1.82, 2.24) is 0 Å². The topological polar surface area (TPSA) is 46.6 Å². The van der Waals surface area contributed by atoms with Crippen LogP contribution < -0.4 is 4.31 Å². The van der Waals surface area contributed by atoms with Gasteiger partial charge in [0.05, 0.1) is 23.7 Å². The second kappa shape index (κ2) is 7.37. The van der Waals surface area contributed by atoms with Crippen LogP contribution in [0.5, 0.6) is 0 Å². The van der Waals surface area contributed by atoms with E-state index >= 15 is 0 Å². The van der Waals surface area contributed by atoms with E-state index in [2.05, 4.69) is 0 Å². The average molecular weight is 397 g/mol. The van der Waals surface area contributed by atoms with Crippen molar-refractivity contribution in [3.05, 3.63) is 95.3 Å². The minimum atomic E-state index is -3.79. The number of aryl methyl sites for hydroxylation is 1. The van der Waals surface area contributed by atoms with Crippen molar-refractivity contribution >= 4 is 15.7 Å². The molecule has 0 aliphatic carbocycles. The molecule has 1 unspecified atom stereocenters. The molecule has 1 heterocycles. The van der Waals surface area contributed by atoms with Crippen molar-refractivity contribution in [2.75, 3.05) is 10.8 Å². The van der Waals surface area contributed by atoms with Crippen molar-refractivity contribution in [2.45, 2.75) is 24.5 Å². The Morgan fingerprint density at radius 2 is 1.64 bits per heavy atom. The van der Waals surface area contributed by atoms with Crippen LogP contribution in [0.1, 0.15) is 22.8 Å². The van der Waals surface area contributed by atoms with E-state index in [9.17, 15) is 12.8 Å². The number of benzene rings is 3. The summed E-state index contributed by atoms with van der Waals surface area (Å²) in [5.41, 5.74) is 3.12. The molecule has 1 aliphatic rings. The number of para-hydroxylation sites is 1. The summed E-state index contributed by atoms with van der Waals surface area (Å²) in [6.45, 7) is 2.30. The van der Waals surface area contributed by atoms with E-state index in [0.29, 0.717) is 5.69 Å². The summed E-state index contributed by atoms with van der Waals surface area (Å²) in [4.78, 5) is 0.229. The molecule has 0 spiro atoms. The predicted octanol–water partition coefficient (Wildman–Crippen LogP) is 4.60. The van der Waals surface area contributed by atoms with Crippen molar-refractivity contribution < 1.29 is 17.5 Å². The molecule has 0 N–H and O–H groups in total. The van der Waals surface area contributed by atoms with Gasteiger partial charge in [0.25, 0.3) is 10.0 Å². The van der Waals surface area contributed by atoms with Crippen LogP contribution >= 0.6 is 0 Å². The lowest BCUT2D eigenvalue weighted by atomic mass is 10.1. The zero-order valence-corrected chi connectivity index (χ0v) is 16.2. The molecule has 1 aliphatic heterocycles. The SMILES string of the molecule is Cc1ccc(S(=O)(=O)N2CC(c3ccc(F)cc3)OCc3ccccc32)cc1. The summed E-state index contributed by atoms with van der Waals surface area (Å²) in [6, 6.07) is 20.1. The Kier molecular flexibility index (Phi) is 4.91. The zero-order chi connectivity index (χ0) is 19.7.